The van der Waals surface area contributed by atoms with Gasteiger partial charge in [0.15, 0.2) is 0 Å². The van der Waals surface area contributed by atoms with Crippen molar-refractivity contribution >= 4 is 0 Å². The smallest absolute Gasteiger partial charge is 0.118 e. The highest BCUT2D eigenvalue weighted by molar-refractivity contribution is 5.28. The highest BCUT2D eigenvalue weighted by Crippen LogP contribution is 2.18. The van der Waals surface area contributed by atoms with E-state index in [1.165, 1.54) is 18.4 Å². The molecule has 3 nitrogen and oxygen atoms in total. The van der Waals surface area contributed by atoms with Gasteiger partial charge in [-0.2, -0.15) is 0 Å². The lowest BCUT2D eigenvalue weighted by Gasteiger charge is -2.17. The molecule has 0 amide bonds. The van der Waals surface area contributed by atoms with E-state index in [4.69, 9.17) is 9.47 Å². The fraction of sp³-hybridized carbons (Fsp3) is 0.571. The zero-order chi connectivity index (χ0) is 12.1. The van der Waals surface area contributed by atoms with Gasteiger partial charge in [-0.1, -0.05) is 12.1 Å². The van der Waals surface area contributed by atoms with E-state index in [9.17, 15) is 0 Å². The van der Waals surface area contributed by atoms with Crippen LogP contribution in [0.5, 0.6) is 5.75 Å². The first-order valence-electron chi connectivity index (χ1n) is 6.28. The highest BCUT2D eigenvalue weighted by atomic mass is 16.5. The van der Waals surface area contributed by atoms with Gasteiger partial charge < -0.3 is 14.8 Å². The third-order valence-electron chi connectivity index (χ3n) is 3.29. The Morgan fingerprint density at radius 3 is 2.76 bits per heavy atom. The first-order valence-corrected chi connectivity index (χ1v) is 6.28. The van der Waals surface area contributed by atoms with Crippen LogP contribution in [0.25, 0.3) is 0 Å². The van der Waals surface area contributed by atoms with E-state index in [1.54, 1.807) is 7.11 Å². The largest absolute Gasteiger partial charge is 0.497 e. The summed E-state index contributed by atoms with van der Waals surface area (Å²) in [6.45, 7) is 4.03. The summed E-state index contributed by atoms with van der Waals surface area (Å²) in [6.07, 6.45) is 2.78. The fourth-order valence-electron chi connectivity index (χ4n) is 2.12. The van der Waals surface area contributed by atoms with E-state index < -0.39 is 0 Å². The minimum Gasteiger partial charge on any atom is -0.497 e. The van der Waals surface area contributed by atoms with Gasteiger partial charge in [-0.15, -0.1) is 0 Å². The lowest BCUT2D eigenvalue weighted by atomic mass is 10.1. The van der Waals surface area contributed by atoms with E-state index in [2.05, 4.69) is 24.4 Å². The van der Waals surface area contributed by atoms with Gasteiger partial charge >= 0.3 is 0 Å². The lowest BCUT2D eigenvalue weighted by molar-refractivity contribution is 0.108. The number of hydrogen-bond donors (Lipinski definition) is 1. The number of nitrogens with one attached hydrogen (secondary N) is 1. The first kappa shape index (κ1) is 12.4. The van der Waals surface area contributed by atoms with Crippen LogP contribution in [0, 0.1) is 0 Å². The minimum atomic E-state index is 0.352. The molecule has 0 bridgehead atoms. The second-order valence-electron chi connectivity index (χ2n) is 4.54. The van der Waals surface area contributed by atoms with Crippen molar-refractivity contribution in [2.45, 2.75) is 31.9 Å². The van der Waals surface area contributed by atoms with Crippen LogP contribution in [-0.2, 0) is 4.74 Å². The summed E-state index contributed by atoms with van der Waals surface area (Å²) in [5.41, 5.74) is 1.28. The van der Waals surface area contributed by atoms with Crippen molar-refractivity contribution in [3.8, 4) is 5.75 Å². The molecule has 1 N–H and O–H groups in total. The van der Waals surface area contributed by atoms with E-state index in [-0.39, 0.29) is 0 Å². The Labute approximate surface area is 103 Å². The van der Waals surface area contributed by atoms with Crippen molar-refractivity contribution in [1.82, 2.24) is 5.32 Å². The molecule has 2 unspecified atom stereocenters. The lowest BCUT2D eigenvalue weighted by Crippen LogP contribution is -2.28. The molecule has 0 saturated carbocycles. The molecule has 1 aliphatic heterocycles. The molecular formula is C14H21NO2. The van der Waals surface area contributed by atoms with E-state index in [1.807, 2.05) is 12.1 Å². The highest BCUT2D eigenvalue weighted by Gasteiger charge is 2.16. The van der Waals surface area contributed by atoms with Gasteiger partial charge in [-0.25, -0.2) is 0 Å². The quantitative estimate of drug-likeness (QED) is 0.850. The normalized spacial score (nSPS) is 21.4. The second-order valence-corrected chi connectivity index (χ2v) is 4.54. The Kier molecular flexibility index (Phi) is 4.40. The average Bonchev–Trinajstić information content (AvgIpc) is 2.89. The Hall–Kier alpha value is -1.06. The second kappa shape index (κ2) is 6.03. The van der Waals surface area contributed by atoms with Gasteiger partial charge in [0.1, 0.15) is 5.75 Å². The number of hydrogen-bond acceptors (Lipinski definition) is 3. The van der Waals surface area contributed by atoms with Crippen LogP contribution in [0.1, 0.15) is 31.4 Å². The van der Waals surface area contributed by atoms with Crippen LogP contribution in [-0.4, -0.2) is 26.4 Å². The standard InChI is InChI=1S/C14H21NO2/c1-11(15-10-14-4-3-9-17-14)12-5-7-13(16-2)8-6-12/h5-8,11,14-15H,3-4,9-10H2,1-2H3. The van der Waals surface area contributed by atoms with E-state index >= 15 is 0 Å². The van der Waals surface area contributed by atoms with Crippen molar-refractivity contribution in [2.75, 3.05) is 20.3 Å². The van der Waals surface area contributed by atoms with Crippen LogP contribution < -0.4 is 10.1 Å². The first-order chi connectivity index (χ1) is 8.29. The van der Waals surface area contributed by atoms with Crippen LogP contribution in [0.4, 0.5) is 0 Å². The number of ether oxygens (including phenoxy) is 2. The Balaban J connectivity index is 1.83. The summed E-state index contributed by atoms with van der Waals surface area (Å²) in [5.74, 6) is 0.903. The average molecular weight is 235 g/mol. The third-order valence-corrected chi connectivity index (χ3v) is 3.29. The molecule has 0 aliphatic carbocycles. The summed E-state index contributed by atoms with van der Waals surface area (Å²) in [7, 11) is 1.69. The topological polar surface area (TPSA) is 30.5 Å². The van der Waals surface area contributed by atoms with Crippen molar-refractivity contribution in [2.24, 2.45) is 0 Å². The monoisotopic (exact) mass is 235 g/mol. The minimum absolute atomic E-state index is 0.352. The summed E-state index contributed by atoms with van der Waals surface area (Å²) in [5, 5.41) is 3.51. The van der Waals surface area contributed by atoms with Gasteiger partial charge in [0.25, 0.3) is 0 Å². The van der Waals surface area contributed by atoms with E-state index in [0.29, 0.717) is 12.1 Å². The SMILES string of the molecule is COc1ccc(C(C)NCC2CCCO2)cc1. The van der Waals surface area contributed by atoms with Gasteiger partial charge in [0, 0.05) is 19.2 Å². The van der Waals surface area contributed by atoms with Crippen LogP contribution in [0.15, 0.2) is 24.3 Å². The van der Waals surface area contributed by atoms with E-state index in [0.717, 1.165) is 18.9 Å². The maximum absolute atomic E-state index is 5.59. The molecule has 3 heteroatoms. The molecule has 1 heterocycles. The predicted octanol–water partition coefficient (Wildman–Crippen LogP) is 2.52. The zero-order valence-electron chi connectivity index (χ0n) is 10.6. The fourth-order valence-corrected chi connectivity index (χ4v) is 2.12. The molecule has 0 spiro atoms. The van der Waals surface area contributed by atoms with Crippen LogP contribution in [0.2, 0.25) is 0 Å². The molecule has 2 atom stereocenters. The Morgan fingerprint density at radius 2 is 2.18 bits per heavy atom. The summed E-state index contributed by atoms with van der Waals surface area (Å²) in [6, 6.07) is 8.56. The number of rotatable bonds is 5. The van der Waals surface area contributed by atoms with Crippen LogP contribution in [0.3, 0.4) is 0 Å². The third kappa shape index (κ3) is 3.45. The zero-order valence-corrected chi connectivity index (χ0v) is 10.6. The molecule has 2 rings (SSSR count). The predicted molar refractivity (Wildman–Crippen MR) is 68.4 cm³/mol. The maximum atomic E-state index is 5.59. The summed E-state index contributed by atoms with van der Waals surface area (Å²) >= 11 is 0. The number of benzene rings is 1. The molecule has 0 aromatic heterocycles. The molecule has 1 fully saturated rings. The summed E-state index contributed by atoms with van der Waals surface area (Å²) in [4.78, 5) is 0. The maximum Gasteiger partial charge on any atom is 0.118 e. The van der Waals surface area contributed by atoms with Gasteiger partial charge in [0.05, 0.1) is 13.2 Å². The molecule has 0 radical (unpaired) electrons. The van der Waals surface area contributed by atoms with Crippen LogP contribution >= 0.6 is 0 Å². The molecule has 1 aromatic carbocycles. The molecule has 1 aromatic rings. The van der Waals surface area contributed by atoms with Crippen molar-refractivity contribution < 1.29 is 9.47 Å². The van der Waals surface area contributed by atoms with Crippen molar-refractivity contribution in [3.63, 3.8) is 0 Å². The molecule has 1 aliphatic rings. The van der Waals surface area contributed by atoms with Crippen molar-refractivity contribution in [3.05, 3.63) is 29.8 Å². The van der Waals surface area contributed by atoms with Gasteiger partial charge in [-0.3, -0.25) is 0 Å². The molecule has 17 heavy (non-hydrogen) atoms. The van der Waals surface area contributed by atoms with Gasteiger partial charge in [0.2, 0.25) is 0 Å². The molecule has 94 valence electrons. The number of methoxy groups -OCH3 is 1. The Bertz CT molecular complexity index is 331. The molecule has 1 saturated heterocycles. The summed E-state index contributed by atoms with van der Waals surface area (Å²) < 4.78 is 10.7. The van der Waals surface area contributed by atoms with Gasteiger partial charge in [-0.05, 0) is 37.5 Å². The molecular weight excluding hydrogens is 214 g/mol. The Morgan fingerprint density at radius 1 is 1.41 bits per heavy atom. The van der Waals surface area contributed by atoms with Crippen molar-refractivity contribution in [1.29, 1.82) is 0 Å².